The SMILES string of the molecule is CNCC(c1ccc2[nH]c(=O)[nH]c2c1)C(C)C. The van der Waals surface area contributed by atoms with Crippen LogP contribution in [0.5, 0.6) is 0 Å². The van der Waals surface area contributed by atoms with Crippen LogP contribution < -0.4 is 11.0 Å². The van der Waals surface area contributed by atoms with E-state index in [2.05, 4.69) is 41.3 Å². The van der Waals surface area contributed by atoms with E-state index in [4.69, 9.17) is 0 Å². The highest BCUT2D eigenvalue weighted by molar-refractivity contribution is 5.75. The largest absolute Gasteiger partial charge is 0.323 e. The monoisotopic (exact) mass is 233 g/mol. The zero-order chi connectivity index (χ0) is 12.4. The average molecular weight is 233 g/mol. The molecule has 17 heavy (non-hydrogen) atoms. The number of hydrogen-bond acceptors (Lipinski definition) is 2. The Labute approximate surface area is 100 Å². The van der Waals surface area contributed by atoms with Gasteiger partial charge in [-0.05, 0) is 36.6 Å². The van der Waals surface area contributed by atoms with Gasteiger partial charge in [0, 0.05) is 6.54 Å². The van der Waals surface area contributed by atoms with Crippen molar-refractivity contribution in [3.8, 4) is 0 Å². The molecule has 0 aliphatic rings. The number of H-pyrrole nitrogens is 2. The van der Waals surface area contributed by atoms with Crippen molar-refractivity contribution >= 4 is 11.0 Å². The molecule has 0 aliphatic heterocycles. The molecular formula is C13H19N3O. The molecule has 0 bridgehead atoms. The molecule has 0 radical (unpaired) electrons. The van der Waals surface area contributed by atoms with Gasteiger partial charge in [0.05, 0.1) is 11.0 Å². The summed E-state index contributed by atoms with van der Waals surface area (Å²) in [5.74, 6) is 1.02. The summed E-state index contributed by atoms with van der Waals surface area (Å²) in [5.41, 5.74) is 2.86. The van der Waals surface area contributed by atoms with Crippen LogP contribution in [0.3, 0.4) is 0 Å². The minimum absolute atomic E-state index is 0.146. The predicted octanol–water partition coefficient (Wildman–Crippen LogP) is 1.82. The van der Waals surface area contributed by atoms with E-state index in [1.807, 2.05) is 13.1 Å². The van der Waals surface area contributed by atoms with Gasteiger partial charge >= 0.3 is 5.69 Å². The summed E-state index contributed by atoms with van der Waals surface area (Å²) in [6.45, 7) is 5.37. The summed E-state index contributed by atoms with van der Waals surface area (Å²) in [5, 5.41) is 3.22. The third-order valence-corrected chi connectivity index (χ3v) is 3.20. The topological polar surface area (TPSA) is 60.7 Å². The Hall–Kier alpha value is -1.55. The Morgan fingerprint density at radius 3 is 2.59 bits per heavy atom. The van der Waals surface area contributed by atoms with Crippen molar-refractivity contribution in [3.63, 3.8) is 0 Å². The van der Waals surface area contributed by atoms with Crippen molar-refractivity contribution in [2.45, 2.75) is 19.8 Å². The highest BCUT2D eigenvalue weighted by Crippen LogP contribution is 2.25. The Morgan fingerprint density at radius 2 is 1.94 bits per heavy atom. The number of imidazole rings is 1. The highest BCUT2D eigenvalue weighted by Gasteiger charge is 2.15. The average Bonchev–Trinajstić information content (AvgIpc) is 2.64. The Balaban J connectivity index is 2.42. The number of aromatic nitrogens is 2. The van der Waals surface area contributed by atoms with Crippen molar-refractivity contribution in [3.05, 3.63) is 34.2 Å². The van der Waals surface area contributed by atoms with Crippen LogP contribution in [0, 0.1) is 5.92 Å². The van der Waals surface area contributed by atoms with Crippen LogP contribution in [-0.4, -0.2) is 23.6 Å². The van der Waals surface area contributed by atoms with Crippen LogP contribution in [0.1, 0.15) is 25.3 Å². The second-order valence-electron chi connectivity index (χ2n) is 4.79. The number of hydrogen-bond donors (Lipinski definition) is 3. The van der Waals surface area contributed by atoms with Crippen LogP contribution in [0.2, 0.25) is 0 Å². The molecule has 0 spiro atoms. The van der Waals surface area contributed by atoms with Gasteiger partial charge in [-0.15, -0.1) is 0 Å². The predicted molar refractivity (Wildman–Crippen MR) is 70.4 cm³/mol. The van der Waals surface area contributed by atoms with Crippen molar-refractivity contribution in [2.24, 2.45) is 5.92 Å². The van der Waals surface area contributed by atoms with Gasteiger partial charge in [0.15, 0.2) is 0 Å². The molecule has 4 heteroatoms. The van der Waals surface area contributed by atoms with Gasteiger partial charge < -0.3 is 15.3 Å². The first-order valence-corrected chi connectivity index (χ1v) is 5.98. The number of likely N-dealkylation sites (N-methyl/N-ethyl adjacent to an activating group) is 1. The summed E-state index contributed by atoms with van der Waals surface area (Å²) >= 11 is 0. The van der Waals surface area contributed by atoms with Gasteiger partial charge in [-0.1, -0.05) is 19.9 Å². The first kappa shape index (κ1) is 11.9. The van der Waals surface area contributed by atoms with E-state index < -0.39 is 0 Å². The number of nitrogens with one attached hydrogen (secondary N) is 3. The number of fused-ring (bicyclic) bond motifs is 1. The first-order valence-electron chi connectivity index (χ1n) is 5.98. The van der Waals surface area contributed by atoms with Crippen molar-refractivity contribution in [1.29, 1.82) is 0 Å². The van der Waals surface area contributed by atoms with Crippen molar-refractivity contribution in [1.82, 2.24) is 15.3 Å². The van der Waals surface area contributed by atoms with Crippen LogP contribution in [0.15, 0.2) is 23.0 Å². The molecular weight excluding hydrogens is 214 g/mol. The molecule has 0 fully saturated rings. The maximum absolute atomic E-state index is 11.2. The minimum atomic E-state index is -0.146. The van der Waals surface area contributed by atoms with E-state index in [0.29, 0.717) is 11.8 Å². The normalized spacial score (nSPS) is 13.4. The Morgan fingerprint density at radius 1 is 1.24 bits per heavy atom. The number of benzene rings is 1. The smallest absolute Gasteiger partial charge is 0.319 e. The lowest BCUT2D eigenvalue weighted by molar-refractivity contribution is 0.478. The van der Waals surface area contributed by atoms with Gasteiger partial charge in [0.2, 0.25) is 0 Å². The summed E-state index contributed by atoms with van der Waals surface area (Å²) in [6, 6.07) is 6.12. The van der Waals surface area contributed by atoms with E-state index in [9.17, 15) is 4.79 Å². The minimum Gasteiger partial charge on any atom is -0.319 e. The molecule has 2 aromatic rings. The molecule has 92 valence electrons. The third kappa shape index (κ3) is 2.42. The van der Waals surface area contributed by atoms with Gasteiger partial charge in [-0.2, -0.15) is 0 Å². The van der Waals surface area contributed by atoms with Crippen molar-refractivity contribution < 1.29 is 0 Å². The van der Waals surface area contributed by atoms with Crippen LogP contribution >= 0.6 is 0 Å². The fraction of sp³-hybridized carbons (Fsp3) is 0.462. The zero-order valence-electron chi connectivity index (χ0n) is 10.5. The quantitative estimate of drug-likeness (QED) is 0.754. The summed E-state index contributed by atoms with van der Waals surface area (Å²) in [6.07, 6.45) is 0. The summed E-state index contributed by atoms with van der Waals surface area (Å²) in [7, 11) is 1.96. The molecule has 1 aromatic heterocycles. The van der Waals surface area contributed by atoms with E-state index >= 15 is 0 Å². The molecule has 1 atom stereocenters. The zero-order valence-corrected chi connectivity index (χ0v) is 10.5. The molecule has 1 aromatic carbocycles. The third-order valence-electron chi connectivity index (χ3n) is 3.20. The molecule has 0 aliphatic carbocycles. The lowest BCUT2D eigenvalue weighted by Gasteiger charge is -2.21. The number of rotatable bonds is 4. The maximum atomic E-state index is 11.2. The molecule has 2 rings (SSSR count). The van der Waals surface area contributed by atoms with E-state index in [0.717, 1.165) is 17.6 Å². The molecule has 1 unspecified atom stereocenters. The fourth-order valence-corrected chi connectivity index (χ4v) is 2.24. The maximum Gasteiger partial charge on any atom is 0.323 e. The molecule has 0 amide bonds. The second kappa shape index (κ2) is 4.75. The summed E-state index contributed by atoms with van der Waals surface area (Å²) in [4.78, 5) is 16.8. The van der Waals surface area contributed by atoms with Gasteiger partial charge in [0.25, 0.3) is 0 Å². The van der Waals surface area contributed by atoms with Crippen LogP contribution in [0.4, 0.5) is 0 Å². The van der Waals surface area contributed by atoms with Crippen molar-refractivity contribution in [2.75, 3.05) is 13.6 Å². The van der Waals surface area contributed by atoms with Crippen LogP contribution in [0.25, 0.3) is 11.0 Å². The summed E-state index contributed by atoms with van der Waals surface area (Å²) < 4.78 is 0. The number of aromatic amines is 2. The lowest BCUT2D eigenvalue weighted by atomic mass is 9.88. The van der Waals surface area contributed by atoms with E-state index in [-0.39, 0.29) is 5.69 Å². The fourth-order valence-electron chi connectivity index (χ4n) is 2.24. The molecule has 1 heterocycles. The lowest BCUT2D eigenvalue weighted by Crippen LogP contribution is -2.21. The van der Waals surface area contributed by atoms with Gasteiger partial charge in [-0.3, -0.25) is 0 Å². The molecule has 0 saturated carbocycles. The standard InChI is InChI=1S/C13H19N3O/c1-8(2)10(7-14-3)9-4-5-11-12(6-9)16-13(17)15-11/h4-6,8,10,14H,7H2,1-3H3,(H2,15,16,17). The highest BCUT2D eigenvalue weighted by atomic mass is 16.1. The molecule has 3 N–H and O–H groups in total. The van der Waals surface area contributed by atoms with Gasteiger partial charge in [0.1, 0.15) is 0 Å². The molecule has 0 saturated heterocycles. The molecule has 4 nitrogen and oxygen atoms in total. The second-order valence-corrected chi connectivity index (χ2v) is 4.79. The van der Waals surface area contributed by atoms with Crippen LogP contribution in [-0.2, 0) is 0 Å². The van der Waals surface area contributed by atoms with Gasteiger partial charge in [-0.25, -0.2) is 4.79 Å². The van der Waals surface area contributed by atoms with E-state index in [1.54, 1.807) is 0 Å². The van der Waals surface area contributed by atoms with E-state index in [1.165, 1.54) is 5.56 Å². The Kier molecular flexibility index (Phi) is 3.33. The first-order chi connectivity index (χ1) is 8.11. The Bertz CT molecular complexity index is 553.